The number of hydrogen-bond acceptors (Lipinski definition) is 3. The van der Waals surface area contributed by atoms with Gasteiger partial charge in [0, 0.05) is 38.8 Å². The van der Waals surface area contributed by atoms with Crippen LogP contribution in [0, 0.1) is 0 Å². The first-order valence-electron chi connectivity index (χ1n) is 10.4. The van der Waals surface area contributed by atoms with E-state index >= 15 is 0 Å². The Labute approximate surface area is 195 Å². The second-order valence-electron chi connectivity index (χ2n) is 7.23. The SMILES string of the molecule is CCNC(=NCCc1nnc2ccccn12)N1CCC(=Cc2ccccc2)CC1.I. The summed E-state index contributed by atoms with van der Waals surface area (Å²) in [7, 11) is 0. The number of piperidine rings is 1. The monoisotopic (exact) mass is 516 g/mol. The number of benzene rings is 1. The van der Waals surface area contributed by atoms with Crippen LogP contribution < -0.4 is 5.32 Å². The van der Waals surface area contributed by atoms with Crippen LogP contribution in [0.1, 0.15) is 31.2 Å². The fourth-order valence-electron chi connectivity index (χ4n) is 3.68. The lowest BCUT2D eigenvalue weighted by Crippen LogP contribution is -2.44. The maximum atomic E-state index is 4.86. The van der Waals surface area contributed by atoms with Gasteiger partial charge in [0.2, 0.25) is 0 Å². The van der Waals surface area contributed by atoms with Crippen LogP contribution in [-0.2, 0) is 6.42 Å². The van der Waals surface area contributed by atoms with E-state index in [-0.39, 0.29) is 24.0 Å². The second kappa shape index (κ2) is 11.1. The maximum Gasteiger partial charge on any atom is 0.193 e. The number of aromatic nitrogens is 3. The van der Waals surface area contributed by atoms with Crippen LogP contribution in [0.25, 0.3) is 11.7 Å². The predicted molar refractivity (Wildman–Crippen MR) is 133 cm³/mol. The Morgan fingerprint density at radius 1 is 1.07 bits per heavy atom. The summed E-state index contributed by atoms with van der Waals surface area (Å²) in [6.07, 6.45) is 7.26. The molecule has 0 aliphatic carbocycles. The van der Waals surface area contributed by atoms with E-state index < -0.39 is 0 Å². The minimum Gasteiger partial charge on any atom is -0.357 e. The molecule has 3 aromatic rings. The van der Waals surface area contributed by atoms with Crippen LogP contribution in [0.2, 0.25) is 0 Å². The smallest absolute Gasteiger partial charge is 0.193 e. The average molecular weight is 516 g/mol. The zero-order chi connectivity index (χ0) is 19.9. The molecule has 6 nitrogen and oxygen atoms in total. The van der Waals surface area contributed by atoms with E-state index in [0.29, 0.717) is 6.54 Å². The summed E-state index contributed by atoms with van der Waals surface area (Å²) in [5.74, 6) is 1.95. The molecule has 1 saturated heterocycles. The molecule has 4 rings (SSSR count). The van der Waals surface area contributed by atoms with E-state index in [9.17, 15) is 0 Å². The van der Waals surface area contributed by atoms with Crippen LogP contribution in [0.4, 0.5) is 0 Å². The Hall–Kier alpha value is -2.42. The first-order valence-corrected chi connectivity index (χ1v) is 10.4. The fourth-order valence-corrected chi connectivity index (χ4v) is 3.68. The van der Waals surface area contributed by atoms with E-state index in [0.717, 1.165) is 56.3 Å². The highest BCUT2D eigenvalue weighted by atomic mass is 127. The standard InChI is InChI=1S/C23H28N6.HI/c1-2-24-23(25-14-11-22-27-26-21-10-6-7-15-29(21)22)28-16-12-20(13-17-28)18-19-8-4-3-5-9-19;/h3-10,15,18H,2,11-14,16-17H2,1H3,(H,24,25);1H. The first kappa shape index (κ1) is 22.3. The molecule has 0 spiro atoms. The van der Waals surface area contributed by atoms with Gasteiger partial charge in [0.1, 0.15) is 5.82 Å². The lowest BCUT2D eigenvalue weighted by Gasteiger charge is -2.31. The van der Waals surface area contributed by atoms with Gasteiger partial charge in [-0.15, -0.1) is 34.2 Å². The van der Waals surface area contributed by atoms with Crippen LogP contribution in [0.5, 0.6) is 0 Å². The normalized spacial score (nSPS) is 14.5. The first-order chi connectivity index (χ1) is 14.3. The van der Waals surface area contributed by atoms with Crippen molar-refractivity contribution in [2.45, 2.75) is 26.2 Å². The van der Waals surface area contributed by atoms with Crippen LogP contribution in [0.15, 0.2) is 65.3 Å². The minimum atomic E-state index is 0. The third-order valence-electron chi connectivity index (χ3n) is 5.19. The molecule has 0 atom stereocenters. The van der Waals surface area contributed by atoms with Crippen LogP contribution in [-0.4, -0.2) is 51.6 Å². The van der Waals surface area contributed by atoms with Crippen molar-refractivity contribution in [3.63, 3.8) is 0 Å². The predicted octanol–water partition coefficient (Wildman–Crippen LogP) is 4.03. The second-order valence-corrected chi connectivity index (χ2v) is 7.23. The molecule has 1 aliphatic rings. The van der Waals surface area contributed by atoms with E-state index in [1.54, 1.807) is 0 Å². The third-order valence-corrected chi connectivity index (χ3v) is 5.19. The van der Waals surface area contributed by atoms with Crippen molar-refractivity contribution >= 4 is 41.7 Å². The quantitative estimate of drug-likeness (QED) is 0.316. The number of guanidine groups is 1. The number of likely N-dealkylation sites (tertiary alicyclic amines) is 1. The molecule has 7 heteroatoms. The molecule has 3 heterocycles. The highest BCUT2D eigenvalue weighted by molar-refractivity contribution is 14.0. The van der Waals surface area contributed by atoms with Crippen LogP contribution in [0.3, 0.4) is 0 Å². The van der Waals surface area contributed by atoms with E-state index in [1.807, 2.05) is 28.8 Å². The molecule has 2 aromatic heterocycles. The molecule has 0 saturated carbocycles. The number of halogens is 1. The van der Waals surface area contributed by atoms with Gasteiger partial charge in [-0.2, -0.15) is 0 Å². The molecule has 1 fully saturated rings. The van der Waals surface area contributed by atoms with Crippen molar-refractivity contribution in [3.8, 4) is 0 Å². The molecule has 158 valence electrons. The Balaban J connectivity index is 0.00000256. The number of hydrogen-bond donors (Lipinski definition) is 1. The molecule has 1 N–H and O–H groups in total. The Morgan fingerprint density at radius 3 is 2.60 bits per heavy atom. The minimum absolute atomic E-state index is 0. The molecule has 0 bridgehead atoms. The van der Waals surface area contributed by atoms with Crippen molar-refractivity contribution in [2.24, 2.45) is 4.99 Å². The molecule has 30 heavy (non-hydrogen) atoms. The van der Waals surface area contributed by atoms with Crippen molar-refractivity contribution in [2.75, 3.05) is 26.2 Å². The number of nitrogens with zero attached hydrogens (tertiary/aromatic N) is 5. The van der Waals surface area contributed by atoms with Gasteiger partial charge in [0.15, 0.2) is 11.6 Å². The van der Waals surface area contributed by atoms with E-state index in [1.165, 1.54) is 11.1 Å². The Kier molecular flexibility index (Phi) is 8.24. The lowest BCUT2D eigenvalue weighted by atomic mass is 10.0. The van der Waals surface area contributed by atoms with Crippen molar-refractivity contribution in [1.29, 1.82) is 0 Å². The summed E-state index contributed by atoms with van der Waals surface area (Å²) in [4.78, 5) is 7.23. The molecule has 1 aromatic carbocycles. The van der Waals surface area contributed by atoms with Gasteiger partial charge in [-0.25, -0.2) is 0 Å². The van der Waals surface area contributed by atoms with Gasteiger partial charge in [-0.3, -0.25) is 9.39 Å². The van der Waals surface area contributed by atoms with Gasteiger partial charge in [0.25, 0.3) is 0 Å². The van der Waals surface area contributed by atoms with Crippen molar-refractivity contribution in [1.82, 2.24) is 24.8 Å². The largest absolute Gasteiger partial charge is 0.357 e. The zero-order valence-corrected chi connectivity index (χ0v) is 19.7. The molecular weight excluding hydrogens is 487 g/mol. The zero-order valence-electron chi connectivity index (χ0n) is 17.4. The van der Waals surface area contributed by atoms with E-state index in [4.69, 9.17) is 4.99 Å². The molecule has 0 unspecified atom stereocenters. The van der Waals surface area contributed by atoms with Gasteiger partial charge < -0.3 is 10.2 Å². The summed E-state index contributed by atoms with van der Waals surface area (Å²) in [6, 6.07) is 16.5. The number of rotatable bonds is 5. The summed E-state index contributed by atoms with van der Waals surface area (Å²) in [5.41, 5.74) is 3.68. The molecular formula is C23H29IN6. The van der Waals surface area contributed by atoms with Gasteiger partial charge in [-0.1, -0.05) is 48.0 Å². The summed E-state index contributed by atoms with van der Waals surface area (Å²) in [5, 5.41) is 12.0. The summed E-state index contributed by atoms with van der Waals surface area (Å²) < 4.78 is 2.03. The van der Waals surface area contributed by atoms with Crippen LogP contribution >= 0.6 is 24.0 Å². The molecule has 0 radical (unpaired) electrons. The number of pyridine rings is 1. The van der Waals surface area contributed by atoms with Crippen molar-refractivity contribution < 1.29 is 0 Å². The Morgan fingerprint density at radius 2 is 1.83 bits per heavy atom. The average Bonchev–Trinajstić information content (AvgIpc) is 3.18. The number of fused-ring (bicyclic) bond motifs is 1. The summed E-state index contributed by atoms with van der Waals surface area (Å²) >= 11 is 0. The van der Waals surface area contributed by atoms with Gasteiger partial charge in [0.05, 0.1) is 0 Å². The third kappa shape index (κ3) is 5.59. The Bertz CT molecular complexity index is 985. The van der Waals surface area contributed by atoms with Gasteiger partial charge in [-0.05, 0) is 37.5 Å². The molecule has 1 aliphatic heterocycles. The number of aliphatic imine (C=N–C) groups is 1. The fraction of sp³-hybridized carbons (Fsp3) is 0.348. The van der Waals surface area contributed by atoms with E-state index in [2.05, 4.69) is 63.7 Å². The lowest BCUT2D eigenvalue weighted by molar-refractivity contribution is 0.375. The highest BCUT2D eigenvalue weighted by Crippen LogP contribution is 2.19. The van der Waals surface area contributed by atoms with Gasteiger partial charge >= 0.3 is 0 Å². The summed E-state index contributed by atoms with van der Waals surface area (Å²) in [6.45, 7) is 5.68. The highest BCUT2D eigenvalue weighted by Gasteiger charge is 2.17. The molecule has 0 amide bonds. The topological polar surface area (TPSA) is 57.8 Å². The van der Waals surface area contributed by atoms with Crippen molar-refractivity contribution in [3.05, 3.63) is 71.7 Å². The maximum absolute atomic E-state index is 4.86. The number of nitrogens with one attached hydrogen (secondary N) is 1.